The molecular formula is C25H31N3O3. The molecule has 0 aliphatic carbocycles. The fraction of sp³-hybridized carbons (Fsp3) is 0.480. The van der Waals surface area contributed by atoms with Gasteiger partial charge in [-0.25, -0.2) is 0 Å². The third kappa shape index (κ3) is 4.64. The van der Waals surface area contributed by atoms with Gasteiger partial charge < -0.3 is 14.5 Å². The molecule has 2 aliphatic heterocycles. The van der Waals surface area contributed by atoms with Crippen LogP contribution in [0.2, 0.25) is 0 Å². The minimum absolute atomic E-state index is 0.0427. The van der Waals surface area contributed by atoms with Crippen LogP contribution in [0.4, 0.5) is 0 Å². The van der Waals surface area contributed by atoms with Crippen molar-refractivity contribution in [2.45, 2.75) is 38.2 Å². The lowest BCUT2D eigenvalue weighted by molar-refractivity contribution is -0.151. The lowest BCUT2D eigenvalue weighted by Gasteiger charge is -2.43. The van der Waals surface area contributed by atoms with E-state index in [1.54, 1.807) is 31.4 Å². The Labute approximate surface area is 184 Å². The number of ether oxygens (including phenoxy) is 1. The topological polar surface area (TPSA) is 62.7 Å². The summed E-state index contributed by atoms with van der Waals surface area (Å²) in [5.74, 6) is 0.136. The van der Waals surface area contributed by atoms with Crippen molar-refractivity contribution in [1.82, 2.24) is 14.8 Å². The van der Waals surface area contributed by atoms with Gasteiger partial charge in [0, 0.05) is 46.2 Å². The molecule has 164 valence electrons. The number of hydrogen-bond donors (Lipinski definition) is 0. The number of likely N-dealkylation sites (tertiary alicyclic amines) is 1. The smallest absolute Gasteiger partial charge is 0.251 e. The summed E-state index contributed by atoms with van der Waals surface area (Å²) < 4.78 is 5.63. The summed E-state index contributed by atoms with van der Waals surface area (Å²) in [5, 5.41) is 0. The summed E-state index contributed by atoms with van der Waals surface area (Å²) in [6.07, 6.45) is 7.17. The molecule has 2 fully saturated rings. The molecule has 6 heteroatoms. The van der Waals surface area contributed by atoms with Gasteiger partial charge in [0.15, 0.2) is 0 Å². The van der Waals surface area contributed by atoms with Crippen molar-refractivity contribution >= 4 is 11.8 Å². The van der Waals surface area contributed by atoms with E-state index in [2.05, 4.69) is 29.2 Å². The molecule has 1 aromatic carbocycles. The maximum absolute atomic E-state index is 13.4. The van der Waals surface area contributed by atoms with Crippen LogP contribution in [-0.4, -0.2) is 66.5 Å². The van der Waals surface area contributed by atoms with Crippen LogP contribution >= 0.6 is 0 Å². The van der Waals surface area contributed by atoms with E-state index < -0.39 is 5.41 Å². The molecule has 0 unspecified atom stereocenters. The SMILES string of the molecule is CN(C)C(=O)[C@@]1(Cc2ccc(-c3ccncc3)cc2)CCCN(C(=O)[C@@H]2CCCO2)C1. The molecule has 0 spiro atoms. The second kappa shape index (κ2) is 9.18. The summed E-state index contributed by atoms with van der Waals surface area (Å²) in [6.45, 7) is 1.80. The van der Waals surface area contributed by atoms with Crippen LogP contribution in [0.25, 0.3) is 11.1 Å². The van der Waals surface area contributed by atoms with E-state index in [-0.39, 0.29) is 17.9 Å². The number of carbonyl (C=O) groups excluding carboxylic acids is 2. The Morgan fingerprint density at radius 3 is 2.45 bits per heavy atom. The Kier molecular flexibility index (Phi) is 6.37. The predicted octanol–water partition coefficient (Wildman–Crippen LogP) is 3.17. The molecule has 0 saturated carbocycles. The van der Waals surface area contributed by atoms with E-state index in [0.29, 0.717) is 26.1 Å². The molecule has 0 bridgehead atoms. The van der Waals surface area contributed by atoms with Crippen LogP contribution < -0.4 is 0 Å². The third-order valence-electron chi connectivity index (χ3n) is 6.46. The molecule has 31 heavy (non-hydrogen) atoms. The quantitative estimate of drug-likeness (QED) is 0.744. The maximum Gasteiger partial charge on any atom is 0.251 e. The number of rotatable bonds is 5. The number of carbonyl (C=O) groups is 2. The first-order chi connectivity index (χ1) is 15.0. The number of hydrogen-bond acceptors (Lipinski definition) is 4. The van der Waals surface area contributed by atoms with Crippen molar-refractivity contribution < 1.29 is 14.3 Å². The number of aromatic nitrogens is 1. The third-order valence-corrected chi connectivity index (χ3v) is 6.46. The molecule has 0 radical (unpaired) electrons. The summed E-state index contributed by atoms with van der Waals surface area (Å²) in [6, 6.07) is 12.4. The van der Waals surface area contributed by atoms with E-state index in [1.807, 2.05) is 17.0 Å². The lowest BCUT2D eigenvalue weighted by atomic mass is 9.73. The Morgan fingerprint density at radius 2 is 1.81 bits per heavy atom. The second-order valence-electron chi connectivity index (χ2n) is 8.95. The standard InChI is InChI=1S/C25H31N3O3/c1-27(2)24(30)25(12-4-15-28(18-25)23(29)22-5-3-16-31-22)17-19-6-8-20(9-7-19)21-10-13-26-14-11-21/h6-11,13-14,22H,3-5,12,15-18H2,1-2H3/t22-,25+/m0/s1. The lowest BCUT2D eigenvalue weighted by Crippen LogP contribution is -2.55. The number of nitrogens with zero attached hydrogens (tertiary/aromatic N) is 3. The highest BCUT2D eigenvalue weighted by Gasteiger charge is 2.45. The first kappa shape index (κ1) is 21.5. The molecule has 2 aromatic rings. The average molecular weight is 422 g/mol. The van der Waals surface area contributed by atoms with Crippen molar-refractivity contribution in [3.8, 4) is 11.1 Å². The van der Waals surface area contributed by atoms with Crippen LogP contribution in [0.1, 0.15) is 31.2 Å². The molecule has 2 saturated heterocycles. The monoisotopic (exact) mass is 421 g/mol. The number of amides is 2. The number of piperidine rings is 1. The zero-order chi connectivity index (χ0) is 21.8. The Balaban J connectivity index is 1.56. The number of benzene rings is 1. The molecule has 0 N–H and O–H groups in total. The summed E-state index contributed by atoms with van der Waals surface area (Å²) >= 11 is 0. The van der Waals surface area contributed by atoms with Gasteiger partial charge in [0.05, 0.1) is 5.41 Å². The summed E-state index contributed by atoms with van der Waals surface area (Å²) in [7, 11) is 3.61. The average Bonchev–Trinajstić information content (AvgIpc) is 3.34. The number of pyridine rings is 1. The highest BCUT2D eigenvalue weighted by molar-refractivity contribution is 5.86. The van der Waals surface area contributed by atoms with Crippen molar-refractivity contribution in [2.24, 2.45) is 5.41 Å². The second-order valence-corrected chi connectivity index (χ2v) is 8.95. The minimum Gasteiger partial charge on any atom is -0.368 e. The molecular weight excluding hydrogens is 390 g/mol. The Bertz CT molecular complexity index is 907. The summed E-state index contributed by atoms with van der Waals surface area (Å²) in [4.78, 5) is 34.0. The van der Waals surface area contributed by atoms with Crippen LogP contribution in [0.3, 0.4) is 0 Å². The van der Waals surface area contributed by atoms with Crippen molar-refractivity contribution in [3.63, 3.8) is 0 Å². The van der Waals surface area contributed by atoms with Gasteiger partial charge in [0.2, 0.25) is 5.91 Å². The zero-order valence-corrected chi connectivity index (χ0v) is 18.4. The molecule has 2 amide bonds. The van der Waals surface area contributed by atoms with Gasteiger partial charge in [-0.2, -0.15) is 0 Å². The van der Waals surface area contributed by atoms with Gasteiger partial charge in [-0.3, -0.25) is 14.6 Å². The van der Waals surface area contributed by atoms with Gasteiger partial charge in [-0.15, -0.1) is 0 Å². The maximum atomic E-state index is 13.4. The van der Waals surface area contributed by atoms with Gasteiger partial charge in [0.1, 0.15) is 6.10 Å². The van der Waals surface area contributed by atoms with E-state index in [1.165, 1.54) is 0 Å². The first-order valence-electron chi connectivity index (χ1n) is 11.1. The Morgan fingerprint density at radius 1 is 1.10 bits per heavy atom. The van der Waals surface area contributed by atoms with Gasteiger partial charge >= 0.3 is 0 Å². The van der Waals surface area contributed by atoms with Crippen LogP contribution in [0, 0.1) is 5.41 Å². The Hall–Kier alpha value is -2.73. The van der Waals surface area contributed by atoms with Gasteiger partial charge in [-0.05, 0) is 60.9 Å². The first-order valence-corrected chi connectivity index (χ1v) is 11.1. The highest BCUT2D eigenvalue weighted by Crippen LogP contribution is 2.36. The van der Waals surface area contributed by atoms with Crippen molar-refractivity contribution in [2.75, 3.05) is 33.8 Å². The van der Waals surface area contributed by atoms with Gasteiger partial charge in [-0.1, -0.05) is 24.3 Å². The highest BCUT2D eigenvalue weighted by atomic mass is 16.5. The molecule has 2 atom stereocenters. The largest absolute Gasteiger partial charge is 0.368 e. The fourth-order valence-corrected chi connectivity index (χ4v) is 4.91. The normalized spacial score (nSPS) is 23.5. The predicted molar refractivity (Wildman–Crippen MR) is 119 cm³/mol. The van der Waals surface area contributed by atoms with E-state index in [0.717, 1.165) is 42.4 Å². The molecule has 2 aliphatic rings. The van der Waals surface area contributed by atoms with Crippen molar-refractivity contribution in [3.05, 3.63) is 54.4 Å². The van der Waals surface area contributed by atoms with E-state index >= 15 is 0 Å². The van der Waals surface area contributed by atoms with Crippen LogP contribution in [-0.2, 0) is 20.7 Å². The van der Waals surface area contributed by atoms with Gasteiger partial charge in [0.25, 0.3) is 5.91 Å². The molecule has 6 nitrogen and oxygen atoms in total. The van der Waals surface area contributed by atoms with Crippen molar-refractivity contribution in [1.29, 1.82) is 0 Å². The molecule has 1 aromatic heterocycles. The van der Waals surface area contributed by atoms with E-state index in [4.69, 9.17) is 4.74 Å². The minimum atomic E-state index is -0.603. The van der Waals surface area contributed by atoms with E-state index in [9.17, 15) is 9.59 Å². The van der Waals surface area contributed by atoms with Crippen LogP contribution in [0.15, 0.2) is 48.8 Å². The zero-order valence-electron chi connectivity index (χ0n) is 18.4. The van der Waals surface area contributed by atoms with Crippen LogP contribution in [0.5, 0.6) is 0 Å². The fourth-order valence-electron chi connectivity index (χ4n) is 4.91. The molecule has 3 heterocycles. The molecule has 4 rings (SSSR count). The summed E-state index contributed by atoms with van der Waals surface area (Å²) in [5.41, 5.74) is 2.75.